The first-order valence-electron chi connectivity index (χ1n) is 8.16. The van der Waals surface area contributed by atoms with E-state index in [1.54, 1.807) is 4.90 Å². The van der Waals surface area contributed by atoms with Gasteiger partial charge < -0.3 is 9.64 Å². The second kappa shape index (κ2) is 6.23. The van der Waals surface area contributed by atoms with Crippen LogP contribution < -0.4 is 0 Å². The molecule has 1 aliphatic rings. The molecule has 0 radical (unpaired) electrons. The van der Waals surface area contributed by atoms with Crippen molar-refractivity contribution < 1.29 is 9.53 Å². The summed E-state index contributed by atoms with van der Waals surface area (Å²) in [6.45, 7) is 10.2. The van der Waals surface area contributed by atoms with Crippen molar-refractivity contribution >= 4 is 6.09 Å². The van der Waals surface area contributed by atoms with Gasteiger partial charge >= 0.3 is 6.09 Å². The van der Waals surface area contributed by atoms with Gasteiger partial charge in [0.2, 0.25) is 0 Å². The molecule has 1 atom stereocenters. The fraction of sp³-hybridized carbons (Fsp3) is 0.579. The van der Waals surface area contributed by atoms with Crippen molar-refractivity contribution in [3.8, 4) is 6.07 Å². The van der Waals surface area contributed by atoms with Gasteiger partial charge in [0.1, 0.15) is 5.60 Å². The molecule has 1 aliphatic heterocycles. The number of hydrogen-bond acceptors (Lipinski definition) is 3. The van der Waals surface area contributed by atoms with Gasteiger partial charge in [0.05, 0.1) is 17.5 Å². The summed E-state index contributed by atoms with van der Waals surface area (Å²) >= 11 is 0. The van der Waals surface area contributed by atoms with Crippen LogP contribution in [0.25, 0.3) is 0 Å². The Balaban J connectivity index is 2.35. The number of ether oxygens (including phenoxy) is 1. The number of likely N-dealkylation sites (tertiary alicyclic amines) is 1. The van der Waals surface area contributed by atoms with Crippen LogP contribution in [0, 0.1) is 11.3 Å². The Morgan fingerprint density at radius 3 is 2.52 bits per heavy atom. The van der Waals surface area contributed by atoms with Crippen molar-refractivity contribution in [2.75, 3.05) is 6.54 Å². The van der Waals surface area contributed by atoms with Crippen molar-refractivity contribution in [1.29, 1.82) is 5.26 Å². The van der Waals surface area contributed by atoms with E-state index in [1.807, 2.05) is 58.9 Å². The maximum Gasteiger partial charge on any atom is 0.410 e. The molecule has 1 heterocycles. The van der Waals surface area contributed by atoms with E-state index >= 15 is 0 Å². The number of hydrogen-bond donors (Lipinski definition) is 0. The molecule has 0 bridgehead atoms. The highest BCUT2D eigenvalue weighted by molar-refractivity contribution is 5.69. The van der Waals surface area contributed by atoms with E-state index in [9.17, 15) is 10.1 Å². The lowest BCUT2D eigenvalue weighted by Crippen LogP contribution is -2.37. The van der Waals surface area contributed by atoms with E-state index in [-0.39, 0.29) is 12.1 Å². The molecule has 4 nitrogen and oxygen atoms in total. The van der Waals surface area contributed by atoms with Crippen LogP contribution in [0.1, 0.15) is 64.6 Å². The Labute approximate surface area is 139 Å². The zero-order valence-corrected chi connectivity index (χ0v) is 14.7. The molecule has 124 valence electrons. The highest BCUT2D eigenvalue weighted by Crippen LogP contribution is 2.38. The summed E-state index contributed by atoms with van der Waals surface area (Å²) in [4.78, 5) is 14.3. The standard InChI is InChI=1S/C19H26N2O2/c1-18(2,3)23-17(22)21-12-8-11-16(21)14-9-6-7-10-15(14)19(4,5)13-20/h6-7,9-10,16H,8,11-12H2,1-5H3/t16-/m0/s1. The van der Waals surface area contributed by atoms with Gasteiger partial charge in [0.15, 0.2) is 0 Å². The number of nitrogens with zero attached hydrogens (tertiary/aromatic N) is 2. The Kier molecular flexibility index (Phi) is 4.70. The minimum absolute atomic E-state index is 0.0197. The largest absolute Gasteiger partial charge is 0.444 e. The summed E-state index contributed by atoms with van der Waals surface area (Å²) in [6.07, 6.45) is 1.58. The number of carbonyl (C=O) groups is 1. The molecule has 2 rings (SSSR count). The van der Waals surface area contributed by atoms with Crippen LogP contribution in [0.15, 0.2) is 24.3 Å². The van der Waals surface area contributed by atoms with E-state index in [0.29, 0.717) is 6.54 Å². The lowest BCUT2D eigenvalue weighted by Gasteiger charge is -2.31. The molecular formula is C19H26N2O2. The third-order valence-electron chi connectivity index (χ3n) is 4.15. The number of carbonyl (C=O) groups excluding carboxylic acids is 1. The van der Waals surface area contributed by atoms with Crippen molar-refractivity contribution in [3.05, 3.63) is 35.4 Å². The van der Waals surface area contributed by atoms with Crippen LogP contribution in [0.2, 0.25) is 0 Å². The van der Waals surface area contributed by atoms with E-state index in [2.05, 4.69) is 6.07 Å². The van der Waals surface area contributed by atoms with Gasteiger partial charge in [-0.1, -0.05) is 24.3 Å². The summed E-state index contributed by atoms with van der Waals surface area (Å²) in [5, 5.41) is 9.49. The quantitative estimate of drug-likeness (QED) is 0.804. The normalized spacial score (nSPS) is 18.6. The highest BCUT2D eigenvalue weighted by Gasteiger charge is 2.36. The first-order chi connectivity index (χ1) is 10.7. The van der Waals surface area contributed by atoms with Crippen molar-refractivity contribution in [3.63, 3.8) is 0 Å². The summed E-state index contributed by atoms with van der Waals surface area (Å²) in [5.41, 5.74) is 0.958. The first kappa shape index (κ1) is 17.3. The first-order valence-corrected chi connectivity index (χ1v) is 8.16. The molecule has 1 aromatic carbocycles. The van der Waals surface area contributed by atoms with Gasteiger partial charge in [0, 0.05) is 6.54 Å². The molecule has 0 aliphatic carbocycles. The lowest BCUT2D eigenvalue weighted by molar-refractivity contribution is 0.0223. The van der Waals surface area contributed by atoms with E-state index in [0.717, 1.165) is 24.0 Å². The number of benzene rings is 1. The van der Waals surface area contributed by atoms with E-state index < -0.39 is 11.0 Å². The van der Waals surface area contributed by atoms with Gasteiger partial charge in [-0.25, -0.2) is 4.79 Å². The monoisotopic (exact) mass is 314 g/mol. The molecule has 1 aromatic rings. The predicted octanol–water partition coefficient (Wildman–Crippen LogP) is 4.56. The Hall–Kier alpha value is -2.02. The minimum atomic E-state index is -0.585. The van der Waals surface area contributed by atoms with Crippen LogP contribution in [0.3, 0.4) is 0 Å². The molecular weight excluding hydrogens is 288 g/mol. The van der Waals surface area contributed by atoms with Crippen LogP contribution in [-0.4, -0.2) is 23.1 Å². The Morgan fingerprint density at radius 2 is 1.91 bits per heavy atom. The van der Waals surface area contributed by atoms with E-state index in [4.69, 9.17) is 4.74 Å². The van der Waals surface area contributed by atoms with Gasteiger partial charge in [-0.2, -0.15) is 5.26 Å². The molecule has 0 unspecified atom stereocenters. The molecule has 1 saturated heterocycles. The number of nitriles is 1. The van der Waals surface area contributed by atoms with Crippen LogP contribution in [-0.2, 0) is 10.2 Å². The minimum Gasteiger partial charge on any atom is -0.444 e. The maximum absolute atomic E-state index is 12.5. The van der Waals surface area contributed by atoms with E-state index in [1.165, 1.54) is 0 Å². The van der Waals surface area contributed by atoms with Crippen LogP contribution in [0.4, 0.5) is 4.79 Å². The number of rotatable bonds is 2. The third kappa shape index (κ3) is 3.85. The second-order valence-electron chi connectivity index (χ2n) is 7.66. The number of amides is 1. The zero-order valence-electron chi connectivity index (χ0n) is 14.7. The molecule has 1 amide bonds. The molecule has 1 fully saturated rings. The summed E-state index contributed by atoms with van der Waals surface area (Å²) in [5.74, 6) is 0. The van der Waals surface area contributed by atoms with Gasteiger partial charge in [-0.3, -0.25) is 0 Å². The van der Waals surface area contributed by atoms with Crippen molar-refractivity contribution in [2.45, 2.75) is 64.5 Å². The average Bonchev–Trinajstić information content (AvgIpc) is 2.95. The topological polar surface area (TPSA) is 53.3 Å². The van der Waals surface area contributed by atoms with Gasteiger partial charge in [-0.05, 0) is 58.6 Å². The highest BCUT2D eigenvalue weighted by atomic mass is 16.6. The molecule has 0 saturated carbocycles. The predicted molar refractivity (Wildman–Crippen MR) is 90.0 cm³/mol. The fourth-order valence-electron chi connectivity index (χ4n) is 3.05. The SMILES string of the molecule is CC(C)(C)OC(=O)N1CCC[C@H]1c1ccccc1C(C)(C)C#N. The fourth-order valence-corrected chi connectivity index (χ4v) is 3.05. The van der Waals surface area contributed by atoms with Crippen molar-refractivity contribution in [1.82, 2.24) is 4.90 Å². The summed E-state index contributed by atoms with van der Waals surface area (Å²) < 4.78 is 5.55. The smallest absolute Gasteiger partial charge is 0.410 e. The second-order valence-corrected chi connectivity index (χ2v) is 7.66. The Bertz CT molecular complexity index is 623. The molecule has 0 N–H and O–H groups in total. The van der Waals surface area contributed by atoms with Gasteiger partial charge in [-0.15, -0.1) is 0 Å². The molecule has 4 heteroatoms. The maximum atomic E-state index is 12.5. The summed E-state index contributed by atoms with van der Waals surface area (Å²) in [7, 11) is 0. The molecule has 23 heavy (non-hydrogen) atoms. The zero-order chi connectivity index (χ0) is 17.3. The van der Waals surface area contributed by atoms with Crippen LogP contribution in [0.5, 0.6) is 0 Å². The third-order valence-corrected chi connectivity index (χ3v) is 4.15. The molecule has 0 spiro atoms. The molecule has 0 aromatic heterocycles. The Morgan fingerprint density at radius 1 is 1.26 bits per heavy atom. The van der Waals surface area contributed by atoms with Gasteiger partial charge in [0.25, 0.3) is 0 Å². The van der Waals surface area contributed by atoms with Crippen LogP contribution >= 0.6 is 0 Å². The average molecular weight is 314 g/mol. The lowest BCUT2D eigenvalue weighted by atomic mass is 9.81. The van der Waals surface area contributed by atoms with Crippen molar-refractivity contribution in [2.24, 2.45) is 0 Å². The summed E-state index contributed by atoms with van der Waals surface area (Å²) in [6, 6.07) is 10.3.